The topological polar surface area (TPSA) is 99.1 Å². The number of amides is 1. The average Bonchev–Trinajstić information content (AvgIpc) is 2.80. The molecule has 0 spiro atoms. The number of hydrogen-bond donors (Lipinski definition) is 1. The zero-order valence-electron chi connectivity index (χ0n) is 17.3. The van der Waals surface area contributed by atoms with Gasteiger partial charge >= 0.3 is 0 Å². The lowest BCUT2D eigenvalue weighted by Crippen LogP contribution is -2.54. The van der Waals surface area contributed by atoms with Gasteiger partial charge in [-0.05, 0) is 30.2 Å². The standard InChI is InChI=1S/C24H24N6O/c1-17-16-29(24(31)21-10-22(26)15-28-14-21)7-8-30(17)23(19-5-3-2-4-6-19)20-9-18(11-25)12-27-13-20/h2-6,9-10,12-15,17,23H,7-8,16,26H2,1H3/t17?,23-/m1/s1. The summed E-state index contributed by atoms with van der Waals surface area (Å²) in [6, 6.07) is 16.0. The second kappa shape index (κ2) is 8.94. The predicted molar refractivity (Wildman–Crippen MR) is 118 cm³/mol. The van der Waals surface area contributed by atoms with E-state index in [4.69, 9.17) is 5.73 Å². The van der Waals surface area contributed by atoms with Crippen LogP contribution < -0.4 is 5.73 Å². The number of carbonyl (C=O) groups is 1. The van der Waals surface area contributed by atoms with Crippen molar-refractivity contribution < 1.29 is 4.79 Å². The maximum Gasteiger partial charge on any atom is 0.255 e. The van der Waals surface area contributed by atoms with E-state index in [1.165, 1.54) is 6.20 Å². The largest absolute Gasteiger partial charge is 0.397 e. The Balaban J connectivity index is 1.60. The highest BCUT2D eigenvalue weighted by atomic mass is 16.2. The molecular formula is C24H24N6O. The maximum atomic E-state index is 13.0. The van der Waals surface area contributed by atoms with Gasteiger partial charge in [-0.3, -0.25) is 19.7 Å². The van der Waals surface area contributed by atoms with E-state index in [0.717, 1.165) is 11.1 Å². The van der Waals surface area contributed by atoms with Crippen molar-refractivity contribution in [3.8, 4) is 6.07 Å². The van der Waals surface area contributed by atoms with Gasteiger partial charge in [0.1, 0.15) is 6.07 Å². The van der Waals surface area contributed by atoms with Crippen LogP contribution in [-0.4, -0.2) is 51.4 Å². The molecule has 2 N–H and O–H groups in total. The van der Waals surface area contributed by atoms with E-state index in [-0.39, 0.29) is 18.0 Å². The molecule has 2 aromatic heterocycles. The number of benzene rings is 1. The van der Waals surface area contributed by atoms with Gasteiger partial charge in [-0.2, -0.15) is 5.26 Å². The molecule has 1 aliphatic heterocycles. The molecule has 0 saturated carbocycles. The van der Waals surface area contributed by atoms with Crippen LogP contribution in [-0.2, 0) is 0 Å². The minimum atomic E-state index is -0.0595. The first-order valence-electron chi connectivity index (χ1n) is 10.2. The van der Waals surface area contributed by atoms with E-state index in [0.29, 0.717) is 36.4 Å². The van der Waals surface area contributed by atoms with E-state index in [2.05, 4.69) is 40.0 Å². The van der Waals surface area contributed by atoms with Crippen LogP contribution >= 0.6 is 0 Å². The normalized spacial score (nSPS) is 17.7. The lowest BCUT2D eigenvalue weighted by atomic mass is 9.95. The van der Waals surface area contributed by atoms with Crippen molar-refractivity contribution in [3.05, 3.63) is 89.5 Å². The minimum Gasteiger partial charge on any atom is -0.397 e. The lowest BCUT2D eigenvalue weighted by molar-refractivity contribution is 0.0428. The fourth-order valence-electron chi connectivity index (χ4n) is 4.18. The van der Waals surface area contributed by atoms with Gasteiger partial charge < -0.3 is 10.6 Å². The highest BCUT2D eigenvalue weighted by Gasteiger charge is 2.33. The molecule has 1 fully saturated rings. The minimum absolute atomic E-state index is 0.0525. The first-order chi connectivity index (χ1) is 15.1. The van der Waals surface area contributed by atoms with Gasteiger partial charge in [0.2, 0.25) is 0 Å². The number of nitriles is 1. The summed E-state index contributed by atoms with van der Waals surface area (Å²) in [6.45, 7) is 3.99. The first kappa shape index (κ1) is 20.5. The molecular weight excluding hydrogens is 388 g/mol. The predicted octanol–water partition coefficient (Wildman–Crippen LogP) is 2.87. The van der Waals surface area contributed by atoms with E-state index >= 15 is 0 Å². The molecule has 1 aromatic carbocycles. The van der Waals surface area contributed by atoms with Gasteiger partial charge in [-0.15, -0.1) is 0 Å². The summed E-state index contributed by atoms with van der Waals surface area (Å²) >= 11 is 0. The summed E-state index contributed by atoms with van der Waals surface area (Å²) in [5, 5.41) is 9.34. The second-order valence-electron chi connectivity index (χ2n) is 7.78. The lowest BCUT2D eigenvalue weighted by Gasteiger charge is -2.44. The van der Waals surface area contributed by atoms with E-state index < -0.39 is 0 Å². The molecule has 2 atom stereocenters. The number of nitrogens with zero attached hydrogens (tertiary/aromatic N) is 5. The highest BCUT2D eigenvalue weighted by molar-refractivity contribution is 5.94. The third kappa shape index (κ3) is 4.39. The second-order valence-corrected chi connectivity index (χ2v) is 7.78. The number of anilines is 1. The molecule has 0 aliphatic carbocycles. The highest BCUT2D eigenvalue weighted by Crippen LogP contribution is 2.32. The summed E-state index contributed by atoms with van der Waals surface area (Å²) in [4.78, 5) is 25.5. The summed E-state index contributed by atoms with van der Waals surface area (Å²) in [5.74, 6) is -0.0595. The monoisotopic (exact) mass is 412 g/mol. The third-order valence-electron chi connectivity index (χ3n) is 5.62. The van der Waals surface area contributed by atoms with Crippen molar-refractivity contribution in [2.45, 2.75) is 19.0 Å². The molecule has 0 bridgehead atoms. The Labute approximate surface area is 181 Å². The first-order valence-corrected chi connectivity index (χ1v) is 10.2. The summed E-state index contributed by atoms with van der Waals surface area (Å²) in [7, 11) is 0. The zero-order chi connectivity index (χ0) is 21.8. The van der Waals surface area contributed by atoms with Gasteiger partial charge in [-0.1, -0.05) is 30.3 Å². The van der Waals surface area contributed by atoms with Crippen LogP contribution in [0.2, 0.25) is 0 Å². The Hall–Kier alpha value is -3.76. The Morgan fingerprint density at radius 3 is 2.58 bits per heavy atom. The Morgan fingerprint density at radius 2 is 1.87 bits per heavy atom. The van der Waals surface area contributed by atoms with Crippen LogP contribution in [0.1, 0.15) is 40.0 Å². The van der Waals surface area contributed by atoms with Crippen LogP contribution in [0.4, 0.5) is 5.69 Å². The zero-order valence-corrected chi connectivity index (χ0v) is 17.3. The molecule has 4 rings (SSSR count). The number of piperazine rings is 1. The van der Waals surface area contributed by atoms with Crippen molar-refractivity contribution in [1.29, 1.82) is 5.26 Å². The SMILES string of the molecule is CC1CN(C(=O)c2cncc(N)c2)CCN1[C@H](c1ccccc1)c1cncc(C#N)c1. The van der Waals surface area contributed by atoms with Crippen molar-refractivity contribution in [2.24, 2.45) is 0 Å². The van der Waals surface area contributed by atoms with Crippen LogP contribution in [0.15, 0.2) is 67.3 Å². The van der Waals surface area contributed by atoms with Crippen molar-refractivity contribution in [3.63, 3.8) is 0 Å². The molecule has 7 heteroatoms. The Bertz CT molecular complexity index is 1110. The number of nitrogen functional groups attached to an aromatic ring is 1. The molecule has 1 amide bonds. The molecule has 3 aromatic rings. The van der Waals surface area contributed by atoms with Crippen LogP contribution in [0, 0.1) is 11.3 Å². The summed E-state index contributed by atoms with van der Waals surface area (Å²) in [5.41, 5.74) is 9.42. The Kier molecular flexibility index (Phi) is 5.92. The summed E-state index contributed by atoms with van der Waals surface area (Å²) in [6.07, 6.45) is 6.49. The number of rotatable bonds is 4. The smallest absolute Gasteiger partial charge is 0.255 e. The third-order valence-corrected chi connectivity index (χ3v) is 5.62. The van der Waals surface area contributed by atoms with Gasteiger partial charge in [-0.25, -0.2) is 0 Å². The molecule has 1 unspecified atom stereocenters. The van der Waals surface area contributed by atoms with E-state index in [1.807, 2.05) is 35.4 Å². The van der Waals surface area contributed by atoms with E-state index in [9.17, 15) is 10.1 Å². The fourth-order valence-corrected chi connectivity index (χ4v) is 4.18. The number of carbonyl (C=O) groups excluding carboxylic acids is 1. The van der Waals surface area contributed by atoms with Gasteiger partial charge in [0.25, 0.3) is 5.91 Å². The van der Waals surface area contributed by atoms with Crippen molar-refractivity contribution >= 4 is 11.6 Å². The molecule has 156 valence electrons. The average molecular weight is 412 g/mol. The van der Waals surface area contributed by atoms with Crippen LogP contribution in [0.25, 0.3) is 0 Å². The van der Waals surface area contributed by atoms with Crippen molar-refractivity contribution in [1.82, 2.24) is 19.8 Å². The van der Waals surface area contributed by atoms with Gasteiger partial charge in [0, 0.05) is 50.5 Å². The number of aromatic nitrogens is 2. The quantitative estimate of drug-likeness (QED) is 0.707. The number of hydrogen-bond acceptors (Lipinski definition) is 6. The molecule has 7 nitrogen and oxygen atoms in total. The van der Waals surface area contributed by atoms with Gasteiger partial charge in [0.05, 0.1) is 22.9 Å². The Morgan fingerprint density at radius 1 is 1.10 bits per heavy atom. The van der Waals surface area contributed by atoms with Crippen molar-refractivity contribution in [2.75, 3.05) is 25.4 Å². The van der Waals surface area contributed by atoms with Gasteiger partial charge in [0.15, 0.2) is 0 Å². The van der Waals surface area contributed by atoms with Crippen LogP contribution in [0.3, 0.4) is 0 Å². The molecule has 3 heterocycles. The molecule has 31 heavy (non-hydrogen) atoms. The fraction of sp³-hybridized carbons (Fsp3) is 0.250. The number of nitrogens with two attached hydrogens (primary N) is 1. The molecule has 0 radical (unpaired) electrons. The molecule has 1 saturated heterocycles. The summed E-state index contributed by atoms with van der Waals surface area (Å²) < 4.78 is 0. The van der Waals surface area contributed by atoms with Crippen LogP contribution in [0.5, 0.6) is 0 Å². The maximum absolute atomic E-state index is 13.0. The number of pyridine rings is 2. The molecule has 1 aliphatic rings. The van der Waals surface area contributed by atoms with E-state index in [1.54, 1.807) is 18.5 Å².